The lowest BCUT2D eigenvalue weighted by atomic mass is 9.90. The van der Waals surface area contributed by atoms with Gasteiger partial charge in [-0.2, -0.15) is 13.2 Å². The zero-order chi connectivity index (χ0) is 17.1. The second-order valence-corrected chi connectivity index (χ2v) is 5.96. The highest BCUT2D eigenvalue weighted by molar-refractivity contribution is 5.87. The maximum atomic E-state index is 12.9. The fraction of sp³-hybridized carbons (Fsp3) is 0.857. The quantitative estimate of drug-likeness (QED) is 0.822. The third-order valence-electron chi connectivity index (χ3n) is 4.15. The summed E-state index contributed by atoms with van der Waals surface area (Å²) in [7, 11) is 0. The Kier molecular flexibility index (Phi) is 5.83. The van der Waals surface area contributed by atoms with E-state index in [9.17, 15) is 27.9 Å². The number of β-amino-alcohol motifs (C(OH)–C–C–N with tert-alkyl or cyclic N) is 1. The summed E-state index contributed by atoms with van der Waals surface area (Å²) in [4.78, 5) is 24.7. The minimum Gasteiger partial charge on any atom is -0.379 e. The molecule has 0 spiro atoms. The van der Waals surface area contributed by atoms with Crippen molar-refractivity contribution in [2.24, 2.45) is 5.92 Å². The molecule has 1 saturated heterocycles. The maximum absolute atomic E-state index is 12.9. The smallest absolute Gasteiger partial charge is 0.379 e. The number of carbonyl (C=O) groups excluding carboxylic acids is 2. The first-order chi connectivity index (χ1) is 10.0. The number of hydrogen-bond acceptors (Lipinski definition) is 3. The van der Waals surface area contributed by atoms with E-state index >= 15 is 0 Å². The number of nitrogens with one attached hydrogen (secondary N) is 1. The number of alkyl halides is 3. The molecular weight excluding hydrogens is 301 g/mol. The van der Waals surface area contributed by atoms with Gasteiger partial charge in [-0.1, -0.05) is 20.3 Å². The number of halogens is 3. The molecule has 2 N–H and O–H groups in total. The van der Waals surface area contributed by atoms with E-state index in [2.05, 4.69) is 5.32 Å². The average molecular weight is 324 g/mol. The van der Waals surface area contributed by atoms with Gasteiger partial charge in [-0.25, -0.2) is 0 Å². The van der Waals surface area contributed by atoms with Crippen LogP contribution in [0, 0.1) is 5.92 Å². The number of piperidine rings is 1. The lowest BCUT2D eigenvalue weighted by Crippen LogP contribution is -2.61. The molecule has 128 valence electrons. The zero-order valence-electron chi connectivity index (χ0n) is 13.0. The maximum Gasteiger partial charge on any atom is 0.418 e. The summed E-state index contributed by atoms with van der Waals surface area (Å²) in [6, 6.07) is -0.877. The Morgan fingerprint density at radius 2 is 2.00 bits per heavy atom. The van der Waals surface area contributed by atoms with Crippen molar-refractivity contribution in [1.82, 2.24) is 10.2 Å². The molecule has 1 unspecified atom stereocenters. The van der Waals surface area contributed by atoms with Crippen molar-refractivity contribution in [2.45, 2.75) is 57.9 Å². The summed E-state index contributed by atoms with van der Waals surface area (Å²) in [6.07, 6.45) is -4.55. The first kappa shape index (κ1) is 18.7. The number of amides is 2. The molecule has 2 amide bonds. The molecule has 0 aromatic carbocycles. The number of nitrogens with zero attached hydrogens (tertiary/aromatic N) is 1. The normalized spacial score (nSPS) is 25.5. The van der Waals surface area contributed by atoms with E-state index < -0.39 is 42.6 Å². The largest absolute Gasteiger partial charge is 0.418 e. The lowest BCUT2D eigenvalue weighted by molar-refractivity contribution is -0.272. The molecule has 5 nitrogen and oxygen atoms in total. The number of hydrogen-bond donors (Lipinski definition) is 2. The van der Waals surface area contributed by atoms with Gasteiger partial charge in [0.15, 0.2) is 5.60 Å². The number of carbonyl (C=O) groups is 2. The van der Waals surface area contributed by atoms with Crippen molar-refractivity contribution in [1.29, 1.82) is 0 Å². The monoisotopic (exact) mass is 324 g/mol. The molecule has 0 aromatic heterocycles. The topological polar surface area (TPSA) is 69.6 Å². The zero-order valence-corrected chi connectivity index (χ0v) is 13.0. The van der Waals surface area contributed by atoms with Gasteiger partial charge in [-0.3, -0.25) is 9.59 Å². The summed E-state index contributed by atoms with van der Waals surface area (Å²) in [5.41, 5.74) is -2.88. The van der Waals surface area contributed by atoms with Gasteiger partial charge in [0.2, 0.25) is 11.8 Å². The van der Waals surface area contributed by atoms with Crippen LogP contribution in [0.15, 0.2) is 0 Å². The highest BCUT2D eigenvalue weighted by atomic mass is 19.4. The first-order valence-corrected chi connectivity index (χ1v) is 7.37. The molecule has 0 radical (unpaired) electrons. The van der Waals surface area contributed by atoms with Crippen molar-refractivity contribution in [3.63, 3.8) is 0 Å². The second kappa shape index (κ2) is 6.85. The summed E-state index contributed by atoms with van der Waals surface area (Å²) in [5.74, 6) is -1.20. The molecule has 3 atom stereocenters. The first-order valence-electron chi connectivity index (χ1n) is 7.37. The lowest BCUT2D eigenvalue weighted by Gasteiger charge is -2.41. The molecule has 1 rings (SSSR count). The van der Waals surface area contributed by atoms with Gasteiger partial charge < -0.3 is 15.3 Å². The Bertz CT molecular complexity index is 428. The summed E-state index contributed by atoms with van der Waals surface area (Å²) in [6.45, 7) is 4.18. The fourth-order valence-corrected chi connectivity index (χ4v) is 2.55. The number of likely N-dealkylation sites (tertiary alicyclic amines) is 1. The van der Waals surface area contributed by atoms with Crippen LogP contribution in [0.3, 0.4) is 0 Å². The summed E-state index contributed by atoms with van der Waals surface area (Å²) >= 11 is 0. The molecule has 22 heavy (non-hydrogen) atoms. The van der Waals surface area contributed by atoms with Gasteiger partial charge in [0, 0.05) is 13.5 Å². The molecule has 8 heteroatoms. The van der Waals surface area contributed by atoms with Crippen molar-refractivity contribution in [3.05, 3.63) is 0 Å². The molecule has 0 aromatic rings. The van der Waals surface area contributed by atoms with Crippen LogP contribution < -0.4 is 5.32 Å². The third-order valence-corrected chi connectivity index (χ3v) is 4.15. The van der Waals surface area contributed by atoms with Crippen molar-refractivity contribution >= 4 is 11.8 Å². The molecular formula is C14H23F3N2O3. The van der Waals surface area contributed by atoms with E-state index in [4.69, 9.17) is 0 Å². The Hall–Kier alpha value is -1.31. The molecule has 1 fully saturated rings. The predicted molar refractivity (Wildman–Crippen MR) is 73.9 cm³/mol. The van der Waals surface area contributed by atoms with Crippen LogP contribution in [0.5, 0.6) is 0 Å². The van der Waals surface area contributed by atoms with Crippen LogP contribution in [0.2, 0.25) is 0 Å². The Morgan fingerprint density at radius 1 is 1.41 bits per heavy atom. The van der Waals surface area contributed by atoms with Gasteiger partial charge in [0.1, 0.15) is 6.04 Å². The van der Waals surface area contributed by atoms with Gasteiger partial charge in [-0.15, -0.1) is 0 Å². The van der Waals surface area contributed by atoms with Crippen LogP contribution >= 0.6 is 0 Å². The average Bonchev–Trinajstić information content (AvgIpc) is 2.42. The minimum atomic E-state index is -4.79. The molecule has 0 saturated carbocycles. The van der Waals surface area contributed by atoms with Crippen molar-refractivity contribution < 1.29 is 27.9 Å². The summed E-state index contributed by atoms with van der Waals surface area (Å²) in [5, 5.41) is 12.3. The van der Waals surface area contributed by atoms with E-state index in [-0.39, 0.29) is 18.9 Å². The Balaban J connectivity index is 2.92. The molecule has 0 aliphatic carbocycles. The molecule has 1 aliphatic rings. The van der Waals surface area contributed by atoms with E-state index in [1.807, 2.05) is 6.92 Å². The highest BCUT2D eigenvalue weighted by Crippen LogP contribution is 2.37. The predicted octanol–water partition coefficient (Wildman–Crippen LogP) is 1.45. The van der Waals surface area contributed by atoms with Crippen molar-refractivity contribution in [3.8, 4) is 0 Å². The van der Waals surface area contributed by atoms with Crippen LogP contribution in [-0.4, -0.2) is 52.7 Å². The number of aliphatic hydroxyl groups is 1. The Labute approximate surface area is 127 Å². The molecule has 1 aliphatic heterocycles. The van der Waals surface area contributed by atoms with E-state index in [1.165, 1.54) is 6.92 Å². The van der Waals surface area contributed by atoms with Crippen LogP contribution in [0.1, 0.15) is 40.0 Å². The van der Waals surface area contributed by atoms with Gasteiger partial charge in [-0.05, 0) is 18.8 Å². The second-order valence-electron chi connectivity index (χ2n) is 5.96. The third kappa shape index (κ3) is 4.12. The SMILES string of the molecule is CC[C@H](C)[C@H](NC(C)=O)C(=O)N1CCCC(O)(C(F)(F)F)C1. The standard InChI is InChI=1S/C14H23F3N2O3/c1-4-9(2)11(18-10(3)20)12(21)19-7-5-6-13(22,8-19)14(15,16)17/h9,11,22H,4-8H2,1-3H3,(H,18,20)/t9-,11-,13?/m0/s1. The van der Waals surface area contributed by atoms with Crippen LogP contribution in [0.25, 0.3) is 0 Å². The van der Waals surface area contributed by atoms with E-state index in [0.717, 1.165) is 4.90 Å². The van der Waals surface area contributed by atoms with Crippen LogP contribution in [-0.2, 0) is 9.59 Å². The number of rotatable bonds is 4. The van der Waals surface area contributed by atoms with Gasteiger partial charge in [0.05, 0.1) is 6.54 Å². The van der Waals surface area contributed by atoms with E-state index in [0.29, 0.717) is 6.42 Å². The van der Waals surface area contributed by atoms with Crippen molar-refractivity contribution in [2.75, 3.05) is 13.1 Å². The molecule has 0 bridgehead atoms. The summed E-state index contributed by atoms with van der Waals surface area (Å²) < 4.78 is 38.8. The van der Waals surface area contributed by atoms with E-state index in [1.54, 1.807) is 6.92 Å². The fourth-order valence-electron chi connectivity index (χ4n) is 2.55. The minimum absolute atomic E-state index is 0.0645. The van der Waals surface area contributed by atoms with Crippen LogP contribution in [0.4, 0.5) is 13.2 Å². The molecule has 1 heterocycles. The van der Waals surface area contributed by atoms with Gasteiger partial charge >= 0.3 is 6.18 Å². The van der Waals surface area contributed by atoms with Gasteiger partial charge in [0.25, 0.3) is 0 Å². The Morgan fingerprint density at radius 3 is 2.45 bits per heavy atom. The highest BCUT2D eigenvalue weighted by Gasteiger charge is 2.56.